The Kier molecular flexibility index (Phi) is 4.63. The molecule has 5 nitrogen and oxygen atoms in total. The van der Waals surface area contributed by atoms with Crippen molar-refractivity contribution in [1.82, 2.24) is 10.6 Å². The molecule has 1 aliphatic heterocycles. The van der Waals surface area contributed by atoms with Crippen LogP contribution in [0.1, 0.15) is 13.3 Å². The maximum absolute atomic E-state index is 11.9. The Bertz CT molecular complexity index is 419. The average molecular weight is 263 g/mol. The summed E-state index contributed by atoms with van der Waals surface area (Å²) in [6, 6.07) is 7.31. The van der Waals surface area contributed by atoms with Gasteiger partial charge in [-0.25, -0.2) is 4.79 Å². The molecule has 2 atom stereocenters. The van der Waals surface area contributed by atoms with Gasteiger partial charge in [0.1, 0.15) is 5.75 Å². The predicted molar refractivity (Wildman–Crippen MR) is 75.6 cm³/mol. The van der Waals surface area contributed by atoms with E-state index < -0.39 is 0 Å². The highest BCUT2D eigenvalue weighted by molar-refractivity contribution is 5.89. The molecule has 0 spiro atoms. The summed E-state index contributed by atoms with van der Waals surface area (Å²) in [7, 11) is 1.62. The number of carbonyl (C=O) groups excluding carboxylic acids is 1. The van der Waals surface area contributed by atoms with E-state index >= 15 is 0 Å². The lowest BCUT2D eigenvalue weighted by Gasteiger charge is -2.28. The number of amides is 2. The Morgan fingerprint density at radius 1 is 1.32 bits per heavy atom. The van der Waals surface area contributed by atoms with Crippen LogP contribution in [0.5, 0.6) is 5.75 Å². The van der Waals surface area contributed by atoms with E-state index in [1.807, 2.05) is 24.3 Å². The molecule has 3 N–H and O–H groups in total. The number of rotatable bonds is 3. The van der Waals surface area contributed by atoms with Gasteiger partial charge in [0.05, 0.1) is 7.11 Å². The second-order valence-electron chi connectivity index (χ2n) is 5.02. The van der Waals surface area contributed by atoms with Gasteiger partial charge in [0.2, 0.25) is 0 Å². The van der Waals surface area contributed by atoms with Gasteiger partial charge in [-0.05, 0) is 43.1 Å². The first-order valence-electron chi connectivity index (χ1n) is 6.59. The third-order valence-electron chi connectivity index (χ3n) is 3.25. The summed E-state index contributed by atoms with van der Waals surface area (Å²) in [5.41, 5.74) is 0.759. The van der Waals surface area contributed by atoms with Gasteiger partial charge in [0.15, 0.2) is 0 Å². The fourth-order valence-electron chi connectivity index (χ4n) is 2.29. The molecule has 2 unspecified atom stereocenters. The van der Waals surface area contributed by atoms with Gasteiger partial charge < -0.3 is 20.7 Å². The maximum atomic E-state index is 11.9. The molecule has 0 radical (unpaired) electrons. The molecule has 0 aromatic heterocycles. The molecule has 5 heteroatoms. The summed E-state index contributed by atoms with van der Waals surface area (Å²) in [6.45, 7) is 4.04. The molecule has 0 saturated carbocycles. The zero-order valence-corrected chi connectivity index (χ0v) is 11.4. The van der Waals surface area contributed by atoms with Crippen LogP contribution in [0.15, 0.2) is 24.3 Å². The van der Waals surface area contributed by atoms with Gasteiger partial charge in [-0.15, -0.1) is 0 Å². The molecular weight excluding hydrogens is 242 g/mol. The van der Waals surface area contributed by atoms with Gasteiger partial charge >= 0.3 is 6.03 Å². The largest absolute Gasteiger partial charge is 0.497 e. The summed E-state index contributed by atoms with van der Waals surface area (Å²) < 4.78 is 5.07. The van der Waals surface area contributed by atoms with E-state index in [1.165, 1.54) is 0 Å². The highest BCUT2D eigenvalue weighted by Gasteiger charge is 2.19. The lowest BCUT2D eigenvalue weighted by molar-refractivity contribution is 0.241. The summed E-state index contributed by atoms with van der Waals surface area (Å²) >= 11 is 0. The van der Waals surface area contributed by atoms with E-state index in [9.17, 15) is 4.79 Å². The van der Waals surface area contributed by atoms with Crippen LogP contribution in [0.2, 0.25) is 0 Å². The molecule has 1 aromatic carbocycles. The van der Waals surface area contributed by atoms with Gasteiger partial charge in [0.25, 0.3) is 0 Å². The molecule has 0 bridgehead atoms. The standard InChI is InChI=1S/C14H21N3O2/c1-10-7-12(9-15-8-10)17-14(18)16-11-3-5-13(19-2)6-4-11/h3-6,10,12,15H,7-9H2,1-2H3,(H2,16,17,18). The SMILES string of the molecule is COc1ccc(NC(=O)NC2CNCC(C)C2)cc1. The molecule has 1 aliphatic rings. The van der Waals surface area contributed by atoms with E-state index in [-0.39, 0.29) is 12.1 Å². The number of anilines is 1. The zero-order valence-electron chi connectivity index (χ0n) is 11.4. The Morgan fingerprint density at radius 2 is 2.05 bits per heavy atom. The van der Waals surface area contributed by atoms with Crippen molar-refractivity contribution in [3.63, 3.8) is 0 Å². The summed E-state index contributed by atoms with van der Waals surface area (Å²) in [6.07, 6.45) is 1.02. The van der Waals surface area contributed by atoms with Crippen molar-refractivity contribution < 1.29 is 9.53 Å². The second-order valence-corrected chi connectivity index (χ2v) is 5.02. The maximum Gasteiger partial charge on any atom is 0.319 e. The Balaban J connectivity index is 1.83. The molecular formula is C14H21N3O2. The first kappa shape index (κ1) is 13.7. The fourth-order valence-corrected chi connectivity index (χ4v) is 2.29. The zero-order chi connectivity index (χ0) is 13.7. The van der Waals surface area contributed by atoms with Gasteiger partial charge in [-0.2, -0.15) is 0 Å². The van der Waals surface area contributed by atoms with Gasteiger partial charge in [0, 0.05) is 18.3 Å². The third-order valence-corrected chi connectivity index (χ3v) is 3.25. The summed E-state index contributed by atoms with van der Waals surface area (Å²) in [4.78, 5) is 11.9. The smallest absolute Gasteiger partial charge is 0.319 e. The lowest BCUT2D eigenvalue weighted by Crippen LogP contribution is -2.49. The Labute approximate surface area is 113 Å². The highest BCUT2D eigenvalue weighted by Crippen LogP contribution is 2.15. The molecule has 19 heavy (non-hydrogen) atoms. The number of nitrogens with one attached hydrogen (secondary N) is 3. The van der Waals surface area contributed by atoms with E-state index in [0.717, 1.165) is 30.9 Å². The number of carbonyl (C=O) groups is 1. The number of methoxy groups -OCH3 is 1. The number of piperidine rings is 1. The fraction of sp³-hybridized carbons (Fsp3) is 0.500. The highest BCUT2D eigenvalue weighted by atomic mass is 16.5. The molecule has 2 rings (SSSR count). The third kappa shape index (κ3) is 4.13. The number of hydrogen-bond donors (Lipinski definition) is 3. The first-order chi connectivity index (χ1) is 9.17. The molecule has 1 aromatic rings. The summed E-state index contributed by atoms with van der Waals surface area (Å²) in [5, 5.41) is 9.11. The van der Waals surface area contributed by atoms with Crippen LogP contribution in [0.4, 0.5) is 10.5 Å². The topological polar surface area (TPSA) is 62.4 Å². The van der Waals surface area contributed by atoms with Crippen molar-refractivity contribution in [3.8, 4) is 5.75 Å². The normalized spacial score (nSPS) is 22.6. The van der Waals surface area contributed by atoms with Crippen molar-refractivity contribution in [2.24, 2.45) is 5.92 Å². The summed E-state index contributed by atoms with van der Waals surface area (Å²) in [5.74, 6) is 1.37. The predicted octanol–water partition coefficient (Wildman–Crippen LogP) is 1.81. The van der Waals surface area contributed by atoms with Crippen molar-refractivity contribution >= 4 is 11.7 Å². The minimum Gasteiger partial charge on any atom is -0.497 e. The van der Waals surface area contributed by atoms with E-state index in [2.05, 4.69) is 22.9 Å². The number of urea groups is 1. The van der Waals surface area contributed by atoms with Crippen LogP contribution >= 0.6 is 0 Å². The van der Waals surface area contributed by atoms with Crippen molar-refractivity contribution in [3.05, 3.63) is 24.3 Å². The molecule has 2 amide bonds. The quantitative estimate of drug-likeness (QED) is 0.779. The second kappa shape index (κ2) is 6.43. The Morgan fingerprint density at radius 3 is 2.68 bits per heavy atom. The van der Waals surface area contributed by atoms with Crippen LogP contribution in [-0.2, 0) is 0 Å². The molecule has 1 heterocycles. The van der Waals surface area contributed by atoms with E-state index in [0.29, 0.717) is 5.92 Å². The van der Waals surface area contributed by atoms with Crippen LogP contribution in [0, 0.1) is 5.92 Å². The number of benzene rings is 1. The van der Waals surface area contributed by atoms with Crippen molar-refractivity contribution in [1.29, 1.82) is 0 Å². The van der Waals surface area contributed by atoms with Crippen LogP contribution in [0.25, 0.3) is 0 Å². The van der Waals surface area contributed by atoms with Crippen molar-refractivity contribution in [2.45, 2.75) is 19.4 Å². The molecule has 1 fully saturated rings. The first-order valence-corrected chi connectivity index (χ1v) is 6.59. The molecule has 1 saturated heterocycles. The van der Waals surface area contributed by atoms with Gasteiger partial charge in [-0.1, -0.05) is 6.92 Å². The molecule has 0 aliphatic carbocycles. The minimum atomic E-state index is -0.161. The number of hydrogen-bond acceptors (Lipinski definition) is 3. The van der Waals surface area contributed by atoms with E-state index in [1.54, 1.807) is 7.11 Å². The van der Waals surface area contributed by atoms with Crippen LogP contribution in [-0.4, -0.2) is 32.3 Å². The molecule has 104 valence electrons. The monoisotopic (exact) mass is 263 g/mol. The van der Waals surface area contributed by atoms with Crippen molar-refractivity contribution in [2.75, 3.05) is 25.5 Å². The Hall–Kier alpha value is -1.75. The minimum absolute atomic E-state index is 0.161. The average Bonchev–Trinajstić information content (AvgIpc) is 2.39. The lowest BCUT2D eigenvalue weighted by atomic mass is 9.98. The van der Waals surface area contributed by atoms with Gasteiger partial charge in [-0.3, -0.25) is 0 Å². The number of ether oxygens (including phenoxy) is 1. The van der Waals surface area contributed by atoms with Crippen LogP contribution in [0.3, 0.4) is 0 Å². The van der Waals surface area contributed by atoms with Crippen LogP contribution < -0.4 is 20.7 Å². The van der Waals surface area contributed by atoms with E-state index in [4.69, 9.17) is 4.74 Å².